The number of hydrogen-bond acceptors (Lipinski definition) is 2. The first-order valence-corrected chi connectivity index (χ1v) is 5.97. The highest BCUT2D eigenvalue weighted by Gasteiger charge is 2.12. The van der Waals surface area contributed by atoms with Crippen LogP contribution in [0.3, 0.4) is 0 Å². The van der Waals surface area contributed by atoms with Gasteiger partial charge in [0.1, 0.15) is 5.82 Å². The third-order valence-corrected chi connectivity index (χ3v) is 2.94. The minimum absolute atomic E-state index is 0.263. The SMILES string of the molecule is Cc1ccc(F)cc1C(=O)Nc1cc(Cl)ccc1N. The van der Waals surface area contributed by atoms with Crippen LogP contribution in [0.1, 0.15) is 15.9 Å². The lowest BCUT2D eigenvalue weighted by molar-refractivity contribution is 0.102. The predicted molar refractivity (Wildman–Crippen MR) is 75.0 cm³/mol. The van der Waals surface area contributed by atoms with Gasteiger partial charge in [-0.05, 0) is 42.8 Å². The van der Waals surface area contributed by atoms with Crippen LogP contribution < -0.4 is 11.1 Å². The van der Waals surface area contributed by atoms with Gasteiger partial charge in [0.05, 0.1) is 11.4 Å². The van der Waals surface area contributed by atoms with Crippen molar-refractivity contribution in [2.45, 2.75) is 6.92 Å². The molecule has 0 aliphatic carbocycles. The van der Waals surface area contributed by atoms with Gasteiger partial charge in [0.15, 0.2) is 0 Å². The summed E-state index contributed by atoms with van der Waals surface area (Å²) in [6.45, 7) is 1.73. The minimum Gasteiger partial charge on any atom is -0.397 e. The molecule has 0 aliphatic heterocycles. The highest BCUT2D eigenvalue weighted by Crippen LogP contribution is 2.24. The van der Waals surface area contributed by atoms with E-state index >= 15 is 0 Å². The van der Waals surface area contributed by atoms with Crippen LogP contribution in [0.4, 0.5) is 15.8 Å². The van der Waals surface area contributed by atoms with Crippen LogP contribution in [0.25, 0.3) is 0 Å². The summed E-state index contributed by atoms with van der Waals surface area (Å²) in [5, 5.41) is 3.08. The fraction of sp³-hybridized carbons (Fsp3) is 0.0714. The number of carbonyl (C=O) groups excluding carboxylic acids is 1. The van der Waals surface area contributed by atoms with Gasteiger partial charge in [-0.15, -0.1) is 0 Å². The number of nitrogen functional groups attached to an aromatic ring is 1. The lowest BCUT2D eigenvalue weighted by Crippen LogP contribution is -2.14. The minimum atomic E-state index is -0.463. The number of amides is 1. The van der Waals surface area contributed by atoms with E-state index in [1.807, 2.05) is 0 Å². The fourth-order valence-corrected chi connectivity index (χ4v) is 1.84. The van der Waals surface area contributed by atoms with E-state index in [1.54, 1.807) is 31.2 Å². The molecule has 3 nitrogen and oxygen atoms in total. The smallest absolute Gasteiger partial charge is 0.256 e. The number of nitrogens with one attached hydrogen (secondary N) is 1. The molecule has 0 unspecified atom stereocenters. The van der Waals surface area contributed by atoms with Gasteiger partial charge >= 0.3 is 0 Å². The van der Waals surface area contributed by atoms with Gasteiger partial charge in [0, 0.05) is 10.6 Å². The van der Waals surface area contributed by atoms with Crippen LogP contribution in [0.15, 0.2) is 36.4 Å². The first kappa shape index (κ1) is 13.4. The Morgan fingerprint density at radius 1 is 1.26 bits per heavy atom. The van der Waals surface area contributed by atoms with Gasteiger partial charge in [0.25, 0.3) is 5.91 Å². The average Bonchev–Trinajstić information content (AvgIpc) is 2.36. The van der Waals surface area contributed by atoms with Crippen LogP contribution in [0.2, 0.25) is 5.02 Å². The summed E-state index contributed by atoms with van der Waals surface area (Å²) in [6, 6.07) is 8.80. The summed E-state index contributed by atoms with van der Waals surface area (Å²) < 4.78 is 13.2. The monoisotopic (exact) mass is 278 g/mol. The molecule has 0 saturated heterocycles. The molecule has 19 heavy (non-hydrogen) atoms. The maximum Gasteiger partial charge on any atom is 0.256 e. The summed E-state index contributed by atoms with van der Waals surface area (Å²) in [4.78, 5) is 12.1. The Kier molecular flexibility index (Phi) is 3.71. The van der Waals surface area contributed by atoms with Gasteiger partial charge < -0.3 is 11.1 Å². The van der Waals surface area contributed by atoms with Gasteiger partial charge in [-0.3, -0.25) is 4.79 Å². The van der Waals surface area contributed by atoms with Crippen molar-refractivity contribution in [3.63, 3.8) is 0 Å². The van der Waals surface area contributed by atoms with E-state index in [-0.39, 0.29) is 5.56 Å². The van der Waals surface area contributed by atoms with Crippen molar-refractivity contribution in [2.24, 2.45) is 0 Å². The molecule has 98 valence electrons. The topological polar surface area (TPSA) is 55.1 Å². The quantitative estimate of drug-likeness (QED) is 0.824. The maximum atomic E-state index is 13.2. The molecule has 0 heterocycles. The van der Waals surface area contributed by atoms with Crippen LogP contribution in [0.5, 0.6) is 0 Å². The van der Waals surface area contributed by atoms with Crippen molar-refractivity contribution in [3.8, 4) is 0 Å². The molecule has 0 atom stereocenters. The Bertz CT molecular complexity index is 643. The van der Waals surface area contributed by atoms with Crippen molar-refractivity contribution >= 4 is 28.9 Å². The number of hydrogen-bond donors (Lipinski definition) is 2. The summed E-state index contributed by atoms with van der Waals surface area (Å²) in [7, 11) is 0. The van der Waals surface area contributed by atoms with Gasteiger partial charge in [-0.1, -0.05) is 17.7 Å². The third-order valence-electron chi connectivity index (χ3n) is 2.71. The van der Waals surface area contributed by atoms with Crippen molar-refractivity contribution in [2.75, 3.05) is 11.1 Å². The number of carbonyl (C=O) groups is 1. The van der Waals surface area contributed by atoms with Crippen molar-refractivity contribution in [1.29, 1.82) is 0 Å². The second kappa shape index (κ2) is 5.28. The van der Waals surface area contributed by atoms with Crippen LogP contribution in [-0.4, -0.2) is 5.91 Å². The van der Waals surface area contributed by atoms with Crippen LogP contribution in [0, 0.1) is 12.7 Å². The molecule has 1 amide bonds. The third kappa shape index (κ3) is 3.03. The van der Waals surface area contributed by atoms with Crippen molar-refractivity contribution in [3.05, 3.63) is 58.4 Å². The number of nitrogens with two attached hydrogens (primary N) is 1. The van der Waals surface area contributed by atoms with Crippen LogP contribution >= 0.6 is 11.6 Å². The normalized spacial score (nSPS) is 10.3. The molecular weight excluding hydrogens is 267 g/mol. The molecule has 2 aromatic carbocycles. The second-order valence-corrected chi connectivity index (χ2v) is 4.58. The zero-order chi connectivity index (χ0) is 14.0. The molecule has 0 bridgehead atoms. The first-order chi connectivity index (χ1) is 8.97. The molecule has 2 rings (SSSR count). The molecule has 2 aromatic rings. The second-order valence-electron chi connectivity index (χ2n) is 4.14. The number of benzene rings is 2. The Labute approximate surface area is 115 Å². The summed E-state index contributed by atoms with van der Waals surface area (Å²) in [6.07, 6.45) is 0. The Hall–Kier alpha value is -2.07. The van der Waals surface area contributed by atoms with Crippen LogP contribution in [-0.2, 0) is 0 Å². The lowest BCUT2D eigenvalue weighted by atomic mass is 10.1. The molecule has 0 spiro atoms. The van der Waals surface area contributed by atoms with Gasteiger partial charge in [0.2, 0.25) is 0 Å². The average molecular weight is 279 g/mol. The predicted octanol–water partition coefficient (Wildman–Crippen LogP) is 3.62. The van der Waals surface area contributed by atoms with E-state index in [0.29, 0.717) is 22.0 Å². The maximum absolute atomic E-state index is 13.2. The summed E-state index contributed by atoms with van der Waals surface area (Å²) in [5.74, 6) is -0.888. The molecule has 0 aromatic heterocycles. The summed E-state index contributed by atoms with van der Waals surface area (Å²) in [5.41, 5.74) is 7.48. The summed E-state index contributed by atoms with van der Waals surface area (Å²) >= 11 is 5.84. The number of aryl methyl sites for hydroxylation is 1. The van der Waals surface area contributed by atoms with Crippen molar-refractivity contribution < 1.29 is 9.18 Å². The number of rotatable bonds is 2. The molecule has 0 radical (unpaired) electrons. The Morgan fingerprint density at radius 2 is 2.00 bits per heavy atom. The first-order valence-electron chi connectivity index (χ1n) is 5.60. The van der Waals surface area contributed by atoms with E-state index in [1.165, 1.54) is 12.1 Å². The standard InChI is InChI=1S/C14H12ClFN2O/c1-8-2-4-10(16)7-11(8)14(19)18-13-6-9(15)3-5-12(13)17/h2-7H,17H2,1H3,(H,18,19). The highest BCUT2D eigenvalue weighted by molar-refractivity contribution is 6.31. The largest absolute Gasteiger partial charge is 0.397 e. The van der Waals surface area contributed by atoms with E-state index in [9.17, 15) is 9.18 Å². The number of halogens is 2. The highest BCUT2D eigenvalue weighted by atomic mass is 35.5. The molecule has 0 saturated carbocycles. The van der Waals surface area contributed by atoms with Gasteiger partial charge in [-0.2, -0.15) is 0 Å². The van der Waals surface area contributed by atoms with E-state index < -0.39 is 11.7 Å². The van der Waals surface area contributed by atoms with E-state index in [2.05, 4.69) is 5.32 Å². The molecular formula is C14H12ClFN2O. The van der Waals surface area contributed by atoms with Gasteiger partial charge in [-0.25, -0.2) is 4.39 Å². The lowest BCUT2D eigenvalue weighted by Gasteiger charge is -2.10. The molecule has 5 heteroatoms. The van der Waals surface area contributed by atoms with E-state index in [0.717, 1.165) is 0 Å². The molecule has 0 fully saturated rings. The van der Waals surface area contributed by atoms with Crippen molar-refractivity contribution in [1.82, 2.24) is 0 Å². The Morgan fingerprint density at radius 3 is 2.74 bits per heavy atom. The molecule has 3 N–H and O–H groups in total. The van der Waals surface area contributed by atoms with E-state index in [4.69, 9.17) is 17.3 Å². The zero-order valence-electron chi connectivity index (χ0n) is 10.2. The Balaban J connectivity index is 2.30. The molecule has 0 aliphatic rings. The zero-order valence-corrected chi connectivity index (χ0v) is 11.0. The number of anilines is 2. The fourth-order valence-electron chi connectivity index (χ4n) is 1.67.